The third-order valence-electron chi connectivity index (χ3n) is 6.09. The lowest BCUT2D eigenvalue weighted by molar-refractivity contribution is 0.0949. The molecule has 8 nitrogen and oxygen atoms in total. The van der Waals surface area contributed by atoms with E-state index >= 15 is 0 Å². The summed E-state index contributed by atoms with van der Waals surface area (Å²) in [4.78, 5) is 12.8. The molecule has 0 radical (unpaired) electrons. The smallest absolute Gasteiger partial charge is 0.251 e. The quantitative estimate of drug-likeness (QED) is 0.784. The second kappa shape index (κ2) is 8.85. The number of benzene rings is 1. The fourth-order valence-electron chi connectivity index (χ4n) is 4.09. The first-order chi connectivity index (χ1) is 14.4. The van der Waals surface area contributed by atoms with Gasteiger partial charge in [0.05, 0.1) is 11.4 Å². The summed E-state index contributed by atoms with van der Waals surface area (Å²) in [5.41, 5.74) is 0.428. The second-order valence-corrected chi connectivity index (χ2v) is 10.2. The molecule has 2 aliphatic heterocycles. The lowest BCUT2D eigenvalue weighted by Gasteiger charge is -2.29. The number of hydrogen-bond donors (Lipinski definition) is 1. The Morgan fingerprint density at radius 1 is 1.07 bits per heavy atom. The molecule has 0 unspecified atom stereocenters. The number of nitrogens with one attached hydrogen (secondary N) is 1. The van der Waals surface area contributed by atoms with Crippen molar-refractivity contribution in [3.05, 3.63) is 41.5 Å². The van der Waals surface area contributed by atoms with Crippen molar-refractivity contribution < 1.29 is 13.2 Å². The first-order valence-corrected chi connectivity index (χ1v) is 12.2. The Kier molecular flexibility index (Phi) is 6.19. The summed E-state index contributed by atoms with van der Waals surface area (Å²) in [5.74, 6) is 2.05. The number of carbonyl (C=O) groups excluding carboxylic acids is 1. The van der Waals surface area contributed by atoms with Crippen LogP contribution in [0.25, 0.3) is 0 Å². The highest BCUT2D eigenvalue weighted by Crippen LogP contribution is 2.23. The number of piperidine rings is 1. The lowest BCUT2D eigenvalue weighted by atomic mass is 10.0. The van der Waals surface area contributed by atoms with E-state index in [1.165, 1.54) is 18.6 Å². The molecule has 2 aromatic rings. The van der Waals surface area contributed by atoms with Crippen LogP contribution in [0.4, 0.5) is 0 Å². The van der Waals surface area contributed by atoms with Crippen molar-refractivity contribution >= 4 is 15.9 Å². The Morgan fingerprint density at radius 3 is 2.53 bits per heavy atom. The number of sulfonamides is 1. The fourth-order valence-corrected chi connectivity index (χ4v) is 5.56. The summed E-state index contributed by atoms with van der Waals surface area (Å²) in [5, 5.41) is 11.3. The average Bonchev–Trinajstić information content (AvgIpc) is 2.98. The van der Waals surface area contributed by atoms with Gasteiger partial charge in [-0.25, -0.2) is 8.42 Å². The molecule has 30 heavy (non-hydrogen) atoms. The van der Waals surface area contributed by atoms with Gasteiger partial charge in [-0.05, 0) is 55.9 Å². The van der Waals surface area contributed by atoms with Crippen LogP contribution < -0.4 is 5.32 Å². The van der Waals surface area contributed by atoms with E-state index in [1.807, 2.05) is 0 Å². The molecule has 162 valence electrons. The van der Waals surface area contributed by atoms with E-state index in [2.05, 4.69) is 27.0 Å². The predicted octanol–water partition coefficient (Wildman–Crippen LogP) is 2.36. The Morgan fingerprint density at radius 2 is 1.80 bits per heavy atom. The molecule has 2 aliphatic rings. The van der Waals surface area contributed by atoms with Crippen molar-refractivity contribution in [3.63, 3.8) is 0 Å². The van der Waals surface area contributed by atoms with Gasteiger partial charge in [-0.15, -0.1) is 10.2 Å². The van der Waals surface area contributed by atoms with Gasteiger partial charge in [0.1, 0.15) is 5.82 Å². The highest BCUT2D eigenvalue weighted by atomic mass is 32.2. The minimum Gasteiger partial charge on any atom is -0.345 e. The molecule has 0 bridgehead atoms. The molecule has 1 N–H and O–H groups in total. The van der Waals surface area contributed by atoms with Crippen LogP contribution in [0.3, 0.4) is 0 Å². The molecule has 0 saturated carbocycles. The van der Waals surface area contributed by atoms with E-state index in [4.69, 9.17) is 0 Å². The van der Waals surface area contributed by atoms with Gasteiger partial charge < -0.3 is 9.88 Å². The van der Waals surface area contributed by atoms with Gasteiger partial charge in [0.15, 0.2) is 5.82 Å². The van der Waals surface area contributed by atoms with Gasteiger partial charge in [-0.2, -0.15) is 4.31 Å². The molecule has 9 heteroatoms. The Hall–Kier alpha value is -2.26. The SMILES string of the molecule is CC1CCN(S(=O)(=O)c2ccc(C(=O)NCc3nnc4n3CCCCC4)cc2)CC1. The molecule has 1 aromatic heterocycles. The van der Waals surface area contributed by atoms with Crippen LogP contribution in [0.2, 0.25) is 0 Å². The Labute approximate surface area is 177 Å². The van der Waals surface area contributed by atoms with Gasteiger partial charge in [0, 0.05) is 31.6 Å². The largest absolute Gasteiger partial charge is 0.345 e. The minimum absolute atomic E-state index is 0.233. The zero-order valence-electron chi connectivity index (χ0n) is 17.4. The molecular formula is C21H29N5O3S. The van der Waals surface area contributed by atoms with Crippen molar-refractivity contribution in [2.75, 3.05) is 13.1 Å². The number of aromatic nitrogens is 3. The number of rotatable bonds is 5. The topological polar surface area (TPSA) is 97.2 Å². The highest BCUT2D eigenvalue weighted by Gasteiger charge is 2.28. The van der Waals surface area contributed by atoms with Gasteiger partial charge in [-0.1, -0.05) is 13.3 Å². The summed E-state index contributed by atoms with van der Waals surface area (Å²) >= 11 is 0. The van der Waals surface area contributed by atoms with Gasteiger partial charge >= 0.3 is 0 Å². The number of aryl methyl sites for hydroxylation is 1. The first-order valence-electron chi connectivity index (χ1n) is 10.7. The number of carbonyl (C=O) groups is 1. The van der Waals surface area contributed by atoms with Crippen LogP contribution in [-0.2, 0) is 29.5 Å². The van der Waals surface area contributed by atoms with Crippen molar-refractivity contribution in [3.8, 4) is 0 Å². The summed E-state index contributed by atoms with van der Waals surface area (Å²) in [6, 6.07) is 6.18. The Bertz CT molecular complexity index is 992. The standard InChI is InChI=1S/C21H29N5O3S/c1-16-10-13-25(14-11-16)30(28,29)18-8-6-17(7-9-18)21(27)22-15-20-24-23-19-5-3-2-4-12-26(19)20/h6-9,16H,2-5,10-15H2,1H3,(H,22,27). The second-order valence-electron chi connectivity index (χ2n) is 8.29. The van der Waals surface area contributed by atoms with Crippen molar-refractivity contribution in [1.82, 2.24) is 24.4 Å². The zero-order valence-corrected chi connectivity index (χ0v) is 18.2. The summed E-state index contributed by atoms with van der Waals surface area (Å²) < 4.78 is 29.3. The van der Waals surface area contributed by atoms with E-state index in [0.29, 0.717) is 31.1 Å². The maximum Gasteiger partial charge on any atom is 0.251 e. The fraction of sp³-hybridized carbons (Fsp3) is 0.571. The van der Waals surface area contributed by atoms with Crippen molar-refractivity contribution in [2.45, 2.75) is 63.4 Å². The number of hydrogen-bond acceptors (Lipinski definition) is 5. The van der Waals surface area contributed by atoms with E-state index in [0.717, 1.165) is 50.3 Å². The third-order valence-corrected chi connectivity index (χ3v) is 8.00. The van der Waals surface area contributed by atoms with Crippen molar-refractivity contribution in [1.29, 1.82) is 0 Å². The zero-order chi connectivity index (χ0) is 21.1. The number of amides is 1. The van der Waals surface area contributed by atoms with Crippen LogP contribution in [-0.4, -0.2) is 46.5 Å². The minimum atomic E-state index is -3.51. The average molecular weight is 432 g/mol. The van der Waals surface area contributed by atoms with Gasteiger partial charge in [0.2, 0.25) is 10.0 Å². The van der Waals surface area contributed by atoms with Crippen LogP contribution >= 0.6 is 0 Å². The molecule has 0 spiro atoms. The van der Waals surface area contributed by atoms with Crippen LogP contribution in [0.1, 0.15) is 61.0 Å². The lowest BCUT2D eigenvalue weighted by Crippen LogP contribution is -2.37. The maximum atomic E-state index is 12.8. The van der Waals surface area contributed by atoms with E-state index in [1.54, 1.807) is 16.4 Å². The summed E-state index contributed by atoms with van der Waals surface area (Å²) in [6.07, 6.45) is 6.08. The predicted molar refractivity (Wildman–Crippen MR) is 112 cm³/mol. The molecular weight excluding hydrogens is 402 g/mol. The van der Waals surface area contributed by atoms with Crippen LogP contribution in [0.5, 0.6) is 0 Å². The van der Waals surface area contributed by atoms with Crippen molar-refractivity contribution in [2.24, 2.45) is 5.92 Å². The maximum absolute atomic E-state index is 12.8. The molecule has 1 amide bonds. The molecule has 0 atom stereocenters. The molecule has 1 aromatic carbocycles. The van der Waals surface area contributed by atoms with Gasteiger partial charge in [0.25, 0.3) is 5.91 Å². The van der Waals surface area contributed by atoms with Crippen LogP contribution in [0, 0.1) is 5.92 Å². The molecule has 1 fully saturated rings. The molecule has 0 aliphatic carbocycles. The van der Waals surface area contributed by atoms with Crippen LogP contribution in [0.15, 0.2) is 29.2 Å². The summed E-state index contributed by atoms with van der Waals surface area (Å²) in [7, 11) is -3.51. The molecule has 4 rings (SSSR count). The number of fused-ring (bicyclic) bond motifs is 1. The van der Waals surface area contributed by atoms with E-state index < -0.39 is 10.0 Å². The Balaban J connectivity index is 1.39. The van der Waals surface area contributed by atoms with E-state index in [9.17, 15) is 13.2 Å². The molecule has 3 heterocycles. The normalized spacial score (nSPS) is 18.6. The number of nitrogens with zero attached hydrogens (tertiary/aromatic N) is 4. The highest BCUT2D eigenvalue weighted by molar-refractivity contribution is 7.89. The van der Waals surface area contributed by atoms with Gasteiger partial charge in [-0.3, -0.25) is 4.79 Å². The summed E-state index contributed by atoms with van der Waals surface area (Å²) in [6.45, 7) is 4.43. The third kappa shape index (κ3) is 4.41. The first kappa shape index (κ1) is 21.0. The monoisotopic (exact) mass is 431 g/mol. The van der Waals surface area contributed by atoms with E-state index in [-0.39, 0.29) is 10.8 Å². The molecule has 1 saturated heterocycles.